The lowest BCUT2D eigenvalue weighted by Crippen LogP contribution is -2.43. The average molecular weight is 287 g/mol. The van der Waals surface area contributed by atoms with Gasteiger partial charge in [0.2, 0.25) is 0 Å². The average Bonchev–Trinajstić information content (AvgIpc) is 2.32. The second-order valence-corrected chi connectivity index (χ2v) is 3.91. The standard InChI is InChI=1S/C10H8ClFN4OS/c11-7-2-1-6(5-8(7)12)14-10(18)16-15-9(17)3-4-13/h1-2,5H,3H2,(H,15,17)(H2,14,16,18). The van der Waals surface area contributed by atoms with Crippen molar-refractivity contribution < 1.29 is 9.18 Å². The second kappa shape index (κ2) is 6.74. The van der Waals surface area contributed by atoms with Gasteiger partial charge in [-0.1, -0.05) is 11.6 Å². The van der Waals surface area contributed by atoms with Gasteiger partial charge < -0.3 is 5.32 Å². The summed E-state index contributed by atoms with van der Waals surface area (Å²) in [7, 11) is 0. The lowest BCUT2D eigenvalue weighted by molar-refractivity contribution is -0.120. The Labute approximate surface area is 113 Å². The van der Waals surface area contributed by atoms with Crippen molar-refractivity contribution in [3.63, 3.8) is 0 Å². The number of amides is 1. The molecular formula is C10H8ClFN4OS. The van der Waals surface area contributed by atoms with Gasteiger partial charge in [0.25, 0.3) is 5.91 Å². The Bertz CT molecular complexity index is 517. The van der Waals surface area contributed by atoms with Gasteiger partial charge in [0.1, 0.15) is 12.2 Å². The second-order valence-electron chi connectivity index (χ2n) is 3.09. The quantitative estimate of drug-likeness (QED) is 0.570. The maximum Gasteiger partial charge on any atom is 0.252 e. The van der Waals surface area contributed by atoms with Crippen molar-refractivity contribution in [3.8, 4) is 6.07 Å². The van der Waals surface area contributed by atoms with Crippen LogP contribution < -0.4 is 16.2 Å². The van der Waals surface area contributed by atoms with Crippen molar-refractivity contribution in [2.75, 3.05) is 5.32 Å². The molecule has 0 aromatic heterocycles. The normalized spacial score (nSPS) is 9.17. The van der Waals surface area contributed by atoms with Crippen molar-refractivity contribution in [2.24, 2.45) is 0 Å². The Hall–Kier alpha value is -1.91. The number of carbonyl (C=O) groups is 1. The number of nitrogens with one attached hydrogen (secondary N) is 3. The van der Waals surface area contributed by atoms with E-state index >= 15 is 0 Å². The van der Waals surface area contributed by atoms with E-state index in [0.29, 0.717) is 5.69 Å². The highest BCUT2D eigenvalue weighted by Crippen LogP contribution is 2.18. The highest BCUT2D eigenvalue weighted by Gasteiger charge is 2.04. The number of anilines is 1. The molecule has 0 unspecified atom stereocenters. The summed E-state index contributed by atoms with van der Waals surface area (Å²) in [5.41, 5.74) is 4.94. The summed E-state index contributed by atoms with van der Waals surface area (Å²) in [5.74, 6) is -1.11. The first kappa shape index (κ1) is 14.2. The van der Waals surface area contributed by atoms with Crippen LogP contribution in [-0.2, 0) is 4.79 Å². The molecule has 0 spiro atoms. The third-order valence-electron chi connectivity index (χ3n) is 1.73. The van der Waals surface area contributed by atoms with E-state index in [4.69, 9.17) is 29.1 Å². The zero-order chi connectivity index (χ0) is 13.5. The molecule has 1 rings (SSSR count). The number of benzene rings is 1. The van der Waals surface area contributed by atoms with Crippen molar-refractivity contribution in [3.05, 3.63) is 29.0 Å². The van der Waals surface area contributed by atoms with Crippen LogP contribution in [0.1, 0.15) is 6.42 Å². The van der Waals surface area contributed by atoms with Gasteiger partial charge in [-0.15, -0.1) is 0 Å². The molecule has 0 atom stereocenters. The van der Waals surface area contributed by atoms with E-state index in [9.17, 15) is 9.18 Å². The summed E-state index contributed by atoms with van der Waals surface area (Å²) in [6, 6.07) is 5.73. The van der Waals surface area contributed by atoms with Crippen molar-refractivity contribution in [1.82, 2.24) is 10.9 Å². The highest BCUT2D eigenvalue weighted by molar-refractivity contribution is 7.80. The summed E-state index contributed by atoms with van der Waals surface area (Å²) >= 11 is 10.4. The molecule has 8 heteroatoms. The number of carbonyl (C=O) groups excluding carboxylic acids is 1. The molecule has 0 aliphatic heterocycles. The highest BCUT2D eigenvalue weighted by atomic mass is 35.5. The maximum absolute atomic E-state index is 13.1. The van der Waals surface area contributed by atoms with Crippen LogP contribution in [0.3, 0.4) is 0 Å². The summed E-state index contributed by atoms with van der Waals surface area (Å²) in [6.07, 6.45) is -0.287. The maximum atomic E-state index is 13.1. The van der Waals surface area contributed by atoms with Crippen LogP contribution in [0.4, 0.5) is 10.1 Å². The van der Waals surface area contributed by atoms with Crippen molar-refractivity contribution >= 4 is 40.5 Å². The van der Waals surface area contributed by atoms with Gasteiger partial charge in [0, 0.05) is 5.69 Å². The number of nitriles is 1. The third kappa shape index (κ3) is 4.53. The lowest BCUT2D eigenvalue weighted by atomic mass is 10.3. The monoisotopic (exact) mass is 286 g/mol. The first-order valence-corrected chi connectivity index (χ1v) is 5.49. The molecule has 0 fully saturated rings. The molecule has 5 nitrogen and oxygen atoms in total. The smallest absolute Gasteiger partial charge is 0.252 e. The number of hydrogen-bond acceptors (Lipinski definition) is 3. The Kier molecular flexibility index (Phi) is 5.30. The van der Waals surface area contributed by atoms with Crippen LogP contribution in [0.15, 0.2) is 18.2 Å². The summed E-state index contributed by atoms with van der Waals surface area (Å²) in [4.78, 5) is 10.9. The molecule has 1 aromatic carbocycles. The van der Waals surface area contributed by atoms with E-state index in [1.807, 2.05) is 0 Å². The molecule has 0 saturated carbocycles. The van der Waals surface area contributed by atoms with Crippen LogP contribution in [0.25, 0.3) is 0 Å². The van der Waals surface area contributed by atoms with Gasteiger partial charge in [-0.2, -0.15) is 5.26 Å². The van der Waals surface area contributed by atoms with Gasteiger partial charge in [0.15, 0.2) is 5.11 Å². The van der Waals surface area contributed by atoms with Crippen molar-refractivity contribution in [2.45, 2.75) is 6.42 Å². The summed E-state index contributed by atoms with van der Waals surface area (Å²) in [6.45, 7) is 0. The first-order valence-electron chi connectivity index (χ1n) is 4.70. The van der Waals surface area contributed by atoms with Gasteiger partial charge in [-0.05, 0) is 30.4 Å². The molecule has 18 heavy (non-hydrogen) atoms. The van der Waals surface area contributed by atoms with E-state index in [1.165, 1.54) is 12.1 Å². The van der Waals surface area contributed by atoms with E-state index in [1.54, 1.807) is 6.07 Å². The number of halogens is 2. The fourth-order valence-electron chi connectivity index (χ4n) is 0.979. The fraction of sp³-hybridized carbons (Fsp3) is 0.100. The molecular weight excluding hydrogens is 279 g/mol. The largest absolute Gasteiger partial charge is 0.331 e. The number of hydrogen-bond donors (Lipinski definition) is 3. The summed E-state index contributed by atoms with van der Waals surface area (Å²) in [5, 5.41) is 10.9. The van der Waals surface area contributed by atoms with Crippen LogP contribution in [0.5, 0.6) is 0 Å². The van der Waals surface area contributed by atoms with Crippen LogP contribution in [0, 0.1) is 17.1 Å². The zero-order valence-corrected chi connectivity index (χ0v) is 10.5. The minimum Gasteiger partial charge on any atom is -0.331 e. The van der Waals surface area contributed by atoms with Gasteiger partial charge >= 0.3 is 0 Å². The molecule has 1 aromatic rings. The number of rotatable bonds is 2. The molecule has 3 N–H and O–H groups in total. The molecule has 0 bridgehead atoms. The van der Waals surface area contributed by atoms with Crippen LogP contribution >= 0.6 is 23.8 Å². The van der Waals surface area contributed by atoms with Gasteiger partial charge in [-0.3, -0.25) is 15.6 Å². The van der Waals surface area contributed by atoms with Gasteiger partial charge in [0.05, 0.1) is 11.1 Å². The van der Waals surface area contributed by atoms with Crippen molar-refractivity contribution in [1.29, 1.82) is 5.26 Å². The lowest BCUT2D eigenvalue weighted by Gasteiger charge is -2.10. The fourth-order valence-corrected chi connectivity index (χ4v) is 1.27. The molecule has 1 amide bonds. The molecule has 0 aliphatic rings. The van der Waals surface area contributed by atoms with Gasteiger partial charge in [-0.25, -0.2) is 4.39 Å². The number of nitrogens with zero attached hydrogens (tertiary/aromatic N) is 1. The van der Waals surface area contributed by atoms with Crippen LogP contribution in [0.2, 0.25) is 5.02 Å². The Morgan fingerprint density at radius 1 is 1.50 bits per heavy atom. The Morgan fingerprint density at radius 3 is 2.83 bits per heavy atom. The number of hydrazine groups is 1. The minimum atomic E-state index is -0.585. The molecule has 0 heterocycles. The minimum absolute atomic E-state index is 0.00162. The van der Waals surface area contributed by atoms with Crippen LogP contribution in [-0.4, -0.2) is 11.0 Å². The third-order valence-corrected chi connectivity index (χ3v) is 2.24. The molecule has 0 aliphatic carbocycles. The SMILES string of the molecule is N#CCC(=O)NNC(=S)Nc1ccc(Cl)c(F)c1. The van der Waals surface area contributed by atoms with E-state index < -0.39 is 11.7 Å². The molecule has 0 saturated heterocycles. The van der Waals surface area contributed by atoms with E-state index in [2.05, 4.69) is 16.2 Å². The first-order chi connectivity index (χ1) is 8.52. The van der Waals surface area contributed by atoms with E-state index in [-0.39, 0.29) is 16.6 Å². The molecule has 0 radical (unpaired) electrons. The topological polar surface area (TPSA) is 77.0 Å². The Morgan fingerprint density at radius 2 is 2.22 bits per heavy atom. The number of thiocarbonyl (C=S) groups is 1. The predicted octanol–water partition coefficient (Wildman–Crippen LogP) is 1.71. The Balaban J connectivity index is 2.47. The molecule has 94 valence electrons. The zero-order valence-electron chi connectivity index (χ0n) is 8.96. The van der Waals surface area contributed by atoms with E-state index in [0.717, 1.165) is 6.07 Å². The predicted molar refractivity (Wildman–Crippen MR) is 69.1 cm³/mol. The summed E-state index contributed by atoms with van der Waals surface area (Å²) < 4.78 is 13.1.